The molecule has 0 radical (unpaired) electrons. The summed E-state index contributed by atoms with van der Waals surface area (Å²) in [5.74, 6) is -0.886. The van der Waals surface area contributed by atoms with E-state index in [9.17, 15) is 19.7 Å². The van der Waals surface area contributed by atoms with E-state index < -0.39 is 22.2 Å². The molecule has 3 rings (SSSR count). The number of esters is 1. The summed E-state index contributed by atoms with van der Waals surface area (Å²) in [6.45, 7) is 3.57. The lowest BCUT2D eigenvalue weighted by molar-refractivity contribution is -0.385. The van der Waals surface area contributed by atoms with Crippen LogP contribution in [0.25, 0.3) is 11.0 Å². The van der Waals surface area contributed by atoms with Crippen molar-refractivity contribution in [2.45, 2.75) is 20.5 Å². The summed E-state index contributed by atoms with van der Waals surface area (Å²) >= 11 is 5.75. The predicted octanol–water partition coefficient (Wildman–Crippen LogP) is 4.33. The van der Waals surface area contributed by atoms with Gasteiger partial charge in [-0.25, -0.2) is 9.59 Å². The second-order valence-corrected chi connectivity index (χ2v) is 6.45. The van der Waals surface area contributed by atoms with Crippen LogP contribution in [0.5, 0.6) is 0 Å². The Kier molecular flexibility index (Phi) is 4.96. The molecule has 138 valence electrons. The molecule has 8 heteroatoms. The summed E-state index contributed by atoms with van der Waals surface area (Å²) in [5, 5.41) is 11.9. The number of rotatable bonds is 4. The maximum atomic E-state index is 12.3. The molecule has 0 fully saturated rings. The van der Waals surface area contributed by atoms with Crippen molar-refractivity contribution in [3.63, 3.8) is 0 Å². The number of nitro groups is 1. The summed E-state index contributed by atoms with van der Waals surface area (Å²) < 4.78 is 10.4. The number of carbonyl (C=O) groups excluding carboxylic acids is 1. The van der Waals surface area contributed by atoms with Crippen molar-refractivity contribution >= 4 is 34.2 Å². The molecule has 0 aliphatic heterocycles. The summed E-state index contributed by atoms with van der Waals surface area (Å²) in [5.41, 5.74) is 1.53. The van der Waals surface area contributed by atoms with E-state index in [-0.39, 0.29) is 17.2 Å². The molecule has 1 heterocycles. The maximum Gasteiger partial charge on any atom is 0.345 e. The summed E-state index contributed by atoms with van der Waals surface area (Å²) in [6.07, 6.45) is 0. The van der Waals surface area contributed by atoms with Gasteiger partial charge in [0.1, 0.15) is 17.8 Å². The molecule has 0 saturated carbocycles. The van der Waals surface area contributed by atoms with Gasteiger partial charge in [0.2, 0.25) is 0 Å². The minimum absolute atomic E-state index is 0.135. The van der Waals surface area contributed by atoms with E-state index in [0.717, 1.165) is 17.2 Å². The van der Waals surface area contributed by atoms with Gasteiger partial charge in [-0.2, -0.15) is 0 Å². The van der Waals surface area contributed by atoms with Gasteiger partial charge in [-0.15, -0.1) is 0 Å². The highest BCUT2D eigenvalue weighted by Gasteiger charge is 2.22. The monoisotopic (exact) mass is 387 g/mol. The number of nitrogens with zero attached hydrogens (tertiary/aromatic N) is 1. The standard InChI is InChI=1S/C19H14ClNO6/c1-10-5-15-12(7-18(22)27-17(15)6-11(10)2)9-26-19(23)14-4-3-13(20)8-16(14)21(24)25/h3-8H,9H2,1-2H3. The van der Waals surface area contributed by atoms with Crippen LogP contribution in [-0.2, 0) is 11.3 Å². The number of nitro benzene ring substituents is 1. The third-order valence-electron chi connectivity index (χ3n) is 4.18. The fourth-order valence-electron chi connectivity index (χ4n) is 2.65. The van der Waals surface area contributed by atoms with Crippen LogP contribution in [-0.4, -0.2) is 10.9 Å². The van der Waals surface area contributed by atoms with Gasteiger partial charge in [-0.05, 0) is 49.2 Å². The molecule has 7 nitrogen and oxygen atoms in total. The zero-order valence-corrected chi connectivity index (χ0v) is 15.2. The van der Waals surface area contributed by atoms with Crippen molar-refractivity contribution in [2.24, 2.45) is 0 Å². The normalized spacial score (nSPS) is 10.8. The second kappa shape index (κ2) is 7.20. The SMILES string of the molecule is Cc1cc2oc(=O)cc(COC(=O)c3ccc(Cl)cc3[N+](=O)[O-])c2cc1C. The van der Waals surface area contributed by atoms with Gasteiger partial charge in [-0.3, -0.25) is 10.1 Å². The zero-order chi connectivity index (χ0) is 19.7. The number of ether oxygens (including phenoxy) is 1. The molecule has 0 spiro atoms. The molecular weight excluding hydrogens is 374 g/mol. The molecule has 0 aliphatic carbocycles. The number of benzene rings is 2. The molecule has 3 aromatic rings. The van der Waals surface area contributed by atoms with E-state index in [2.05, 4.69) is 0 Å². The van der Waals surface area contributed by atoms with Gasteiger partial charge >= 0.3 is 11.6 Å². The van der Waals surface area contributed by atoms with Crippen molar-refractivity contribution in [1.29, 1.82) is 0 Å². The molecule has 0 bridgehead atoms. The first-order chi connectivity index (χ1) is 12.8. The molecule has 1 aromatic heterocycles. The first-order valence-corrected chi connectivity index (χ1v) is 8.29. The third-order valence-corrected chi connectivity index (χ3v) is 4.41. The average Bonchev–Trinajstić information content (AvgIpc) is 2.60. The zero-order valence-electron chi connectivity index (χ0n) is 14.4. The van der Waals surface area contributed by atoms with Crippen LogP contribution in [0.4, 0.5) is 5.69 Å². The molecular formula is C19H14ClNO6. The predicted molar refractivity (Wildman–Crippen MR) is 99.2 cm³/mol. The maximum absolute atomic E-state index is 12.3. The van der Waals surface area contributed by atoms with Crippen LogP contribution in [0.15, 0.2) is 45.6 Å². The average molecular weight is 388 g/mol. The molecule has 0 amide bonds. The number of carbonyl (C=O) groups is 1. The van der Waals surface area contributed by atoms with Crippen LogP contribution in [0.1, 0.15) is 27.0 Å². The van der Waals surface area contributed by atoms with Crippen molar-refractivity contribution < 1.29 is 18.9 Å². The fraction of sp³-hybridized carbons (Fsp3) is 0.158. The van der Waals surface area contributed by atoms with Crippen molar-refractivity contribution in [3.05, 3.63) is 84.2 Å². The van der Waals surface area contributed by atoms with Crippen LogP contribution >= 0.6 is 11.6 Å². The molecule has 0 atom stereocenters. The second-order valence-electron chi connectivity index (χ2n) is 6.02. The Labute approximate surface area is 158 Å². The largest absolute Gasteiger partial charge is 0.457 e. The Morgan fingerprint density at radius 2 is 1.89 bits per heavy atom. The Bertz CT molecular complexity index is 1130. The minimum Gasteiger partial charge on any atom is -0.457 e. The number of hydrogen-bond acceptors (Lipinski definition) is 6. The van der Waals surface area contributed by atoms with Gasteiger partial charge in [0.15, 0.2) is 0 Å². The first-order valence-electron chi connectivity index (χ1n) is 7.91. The number of aryl methyl sites for hydroxylation is 2. The number of halogens is 1. The van der Waals surface area contributed by atoms with Gasteiger partial charge in [0.05, 0.1) is 4.92 Å². The molecule has 27 heavy (non-hydrogen) atoms. The molecule has 2 aromatic carbocycles. The van der Waals surface area contributed by atoms with Crippen LogP contribution in [0, 0.1) is 24.0 Å². The van der Waals surface area contributed by atoms with Gasteiger partial charge in [0, 0.05) is 28.1 Å². The summed E-state index contributed by atoms with van der Waals surface area (Å²) in [4.78, 5) is 34.5. The highest BCUT2D eigenvalue weighted by molar-refractivity contribution is 6.31. The smallest absolute Gasteiger partial charge is 0.345 e. The van der Waals surface area contributed by atoms with Crippen LogP contribution in [0.3, 0.4) is 0 Å². The van der Waals surface area contributed by atoms with E-state index in [1.54, 1.807) is 6.07 Å². The van der Waals surface area contributed by atoms with E-state index >= 15 is 0 Å². The lowest BCUT2D eigenvalue weighted by atomic mass is 10.0. The van der Waals surface area contributed by atoms with E-state index in [1.807, 2.05) is 19.9 Å². The molecule has 0 N–H and O–H groups in total. The Morgan fingerprint density at radius 1 is 1.19 bits per heavy atom. The highest BCUT2D eigenvalue weighted by Crippen LogP contribution is 2.25. The van der Waals surface area contributed by atoms with Crippen LogP contribution < -0.4 is 5.63 Å². The summed E-state index contributed by atoms with van der Waals surface area (Å²) in [6, 6.07) is 8.48. The topological polar surface area (TPSA) is 99.7 Å². The molecule has 0 saturated heterocycles. The first kappa shape index (κ1) is 18.6. The highest BCUT2D eigenvalue weighted by atomic mass is 35.5. The Balaban J connectivity index is 1.94. The van der Waals surface area contributed by atoms with E-state index in [4.69, 9.17) is 20.8 Å². The van der Waals surface area contributed by atoms with Crippen molar-refractivity contribution in [1.82, 2.24) is 0 Å². The van der Waals surface area contributed by atoms with Gasteiger partial charge < -0.3 is 9.15 Å². The van der Waals surface area contributed by atoms with Crippen LogP contribution in [0.2, 0.25) is 5.02 Å². The summed E-state index contributed by atoms with van der Waals surface area (Å²) in [7, 11) is 0. The molecule has 0 aliphatic rings. The van der Waals surface area contributed by atoms with E-state index in [0.29, 0.717) is 16.5 Å². The van der Waals surface area contributed by atoms with Gasteiger partial charge in [-0.1, -0.05) is 11.6 Å². The quantitative estimate of drug-likeness (QED) is 0.286. The van der Waals surface area contributed by atoms with E-state index in [1.165, 1.54) is 18.2 Å². The number of fused-ring (bicyclic) bond motifs is 1. The fourth-order valence-corrected chi connectivity index (χ4v) is 2.82. The third kappa shape index (κ3) is 3.83. The Hall–Kier alpha value is -3.19. The van der Waals surface area contributed by atoms with Crippen molar-refractivity contribution in [2.75, 3.05) is 0 Å². The van der Waals surface area contributed by atoms with Crippen molar-refractivity contribution in [3.8, 4) is 0 Å². The lowest BCUT2D eigenvalue weighted by Crippen LogP contribution is -2.10. The van der Waals surface area contributed by atoms with Gasteiger partial charge in [0.25, 0.3) is 5.69 Å². The lowest BCUT2D eigenvalue weighted by Gasteiger charge is -2.09. The minimum atomic E-state index is -0.886. The molecule has 0 unspecified atom stereocenters. The number of hydrogen-bond donors (Lipinski definition) is 0. The Morgan fingerprint density at radius 3 is 2.59 bits per heavy atom.